The van der Waals surface area contributed by atoms with Crippen LogP contribution in [0.4, 0.5) is 0 Å². The highest BCUT2D eigenvalue weighted by molar-refractivity contribution is 6.21. The van der Waals surface area contributed by atoms with Crippen LogP contribution in [-0.4, -0.2) is 39.0 Å². The summed E-state index contributed by atoms with van der Waals surface area (Å²) in [6, 6.07) is 0. The quantitative estimate of drug-likeness (QED) is 0.571. The first-order valence-corrected chi connectivity index (χ1v) is 9.62. The Labute approximate surface area is 151 Å². The average Bonchev–Trinajstić information content (AvgIpc) is 2.88. The number of aliphatic hydroxyl groups excluding tert-OH is 1. The molecule has 2 aliphatic rings. The first-order chi connectivity index (χ1) is 11.1. The summed E-state index contributed by atoms with van der Waals surface area (Å²) in [6.45, 7) is 8.31. The molecule has 0 aliphatic carbocycles. The van der Waals surface area contributed by atoms with Crippen LogP contribution >= 0.6 is 11.6 Å². The third kappa shape index (κ3) is 4.43. The summed E-state index contributed by atoms with van der Waals surface area (Å²) in [4.78, 5) is 0. The number of alkyl halides is 1. The van der Waals surface area contributed by atoms with Gasteiger partial charge in [0.15, 0.2) is 0 Å². The Balaban J connectivity index is 2.34. The molecular weight excluding hydrogens is 324 g/mol. The third-order valence-corrected chi connectivity index (χ3v) is 6.49. The van der Waals surface area contributed by atoms with Crippen LogP contribution in [0.5, 0.6) is 0 Å². The molecular formula is C20H33ClO3. The maximum absolute atomic E-state index is 10.7. The molecule has 138 valence electrons. The minimum Gasteiger partial charge on any atom is -0.392 e. The molecule has 2 heterocycles. The van der Waals surface area contributed by atoms with Crippen molar-refractivity contribution in [2.45, 2.75) is 88.4 Å². The van der Waals surface area contributed by atoms with E-state index in [-0.39, 0.29) is 23.2 Å². The van der Waals surface area contributed by atoms with Gasteiger partial charge in [0.1, 0.15) is 0 Å². The van der Waals surface area contributed by atoms with E-state index >= 15 is 0 Å². The van der Waals surface area contributed by atoms with Crippen molar-refractivity contribution in [1.82, 2.24) is 0 Å². The van der Waals surface area contributed by atoms with Gasteiger partial charge in [-0.3, -0.25) is 0 Å². The van der Waals surface area contributed by atoms with Gasteiger partial charge in [-0.05, 0) is 63.9 Å². The molecule has 0 aromatic rings. The molecule has 0 spiro atoms. The Morgan fingerprint density at radius 1 is 1.25 bits per heavy atom. The Bertz CT molecular complexity index is 497. The summed E-state index contributed by atoms with van der Waals surface area (Å²) in [5.41, 5.74) is -0.629. The summed E-state index contributed by atoms with van der Waals surface area (Å²) in [7, 11) is 0. The van der Waals surface area contributed by atoms with Crippen LogP contribution in [0.1, 0.15) is 66.2 Å². The van der Waals surface area contributed by atoms with Gasteiger partial charge in [-0.15, -0.1) is 11.6 Å². The minimum atomic E-state index is -0.879. The van der Waals surface area contributed by atoms with E-state index in [9.17, 15) is 10.2 Å². The largest absolute Gasteiger partial charge is 0.392 e. The molecule has 1 fully saturated rings. The number of aliphatic hydroxyl groups is 2. The normalized spacial score (nSPS) is 41.5. The average molecular weight is 357 g/mol. The molecule has 1 saturated heterocycles. The van der Waals surface area contributed by atoms with Gasteiger partial charge in [-0.25, -0.2) is 0 Å². The highest BCUT2D eigenvalue weighted by Crippen LogP contribution is 2.47. The fourth-order valence-corrected chi connectivity index (χ4v) is 4.01. The molecule has 24 heavy (non-hydrogen) atoms. The highest BCUT2D eigenvalue weighted by Gasteiger charge is 2.50. The molecule has 0 saturated carbocycles. The fourth-order valence-electron chi connectivity index (χ4n) is 3.75. The maximum atomic E-state index is 10.7. The minimum absolute atomic E-state index is 0.0507. The summed E-state index contributed by atoms with van der Waals surface area (Å²) in [6.07, 6.45) is 10.8. The topological polar surface area (TPSA) is 49.7 Å². The highest BCUT2D eigenvalue weighted by atomic mass is 35.5. The van der Waals surface area contributed by atoms with Crippen molar-refractivity contribution in [3.05, 3.63) is 23.8 Å². The Hall–Kier alpha value is -0.350. The van der Waals surface area contributed by atoms with Crippen LogP contribution in [0.25, 0.3) is 0 Å². The monoisotopic (exact) mass is 356 g/mol. The van der Waals surface area contributed by atoms with Crippen molar-refractivity contribution in [1.29, 1.82) is 0 Å². The smallest absolute Gasteiger partial charge is 0.0895 e. The van der Waals surface area contributed by atoms with Gasteiger partial charge in [0, 0.05) is 0 Å². The van der Waals surface area contributed by atoms with Crippen molar-refractivity contribution >= 4 is 11.6 Å². The van der Waals surface area contributed by atoms with Gasteiger partial charge in [-0.2, -0.15) is 0 Å². The number of rotatable bonds is 2. The number of hydrogen-bond donors (Lipinski definition) is 2. The van der Waals surface area contributed by atoms with E-state index in [1.807, 2.05) is 19.1 Å². The lowest BCUT2D eigenvalue weighted by molar-refractivity contribution is -0.0932. The summed E-state index contributed by atoms with van der Waals surface area (Å²) in [5, 5.41) is 20.1. The van der Waals surface area contributed by atoms with Crippen molar-refractivity contribution in [3.8, 4) is 0 Å². The zero-order valence-corrected chi connectivity index (χ0v) is 16.3. The van der Waals surface area contributed by atoms with Gasteiger partial charge in [-0.1, -0.05) is 32.1 Å². The predicted molar refractivity (Wildman–Crippen MR) is 99.3 cm³/mol. The van der Waals surface area contributed by atoms with Crippen molar-refractivity contribution < 1.29 is 14.9 Å². The molecule has 0 aromatic carbocycles. The zero-order chi connectivity index (χ0) is 18.0. The van der Waals surface area contributed by atoms with Gasteiger partial charge >= 0.3 is 0 Å². The SMILES string of the molecule is CC(C)C12C=CC(C)(O)CCC=C(CO)CCC(Cl)C(C)(CC1)O2. The van der Waals surface area contributed by atoms with E-state index in [0.29, 0.717) is 12.3 Å². The Morgan fingerprint density at radius 2 is 1.96 bits per heavy atom. The van der Waals surface area contributed by atoms with Gasteiger partial charge in [0.05, 0.1) is 28.8 Å². The molecule has 2 N–H and O–H groups in total. The number of allylic oxidation sites excluding steroid dienone is 1. The molecule has 4 atom stereocenters. The Kier molecular flexibility index (Phi) is 6.23. The molecule has 2 aliphatic heterocycles. The third-order valence-electron chi connectivity index (χ3n) is 5.81. The van der Waals surface area contributed by atoms with E-state index in [1.165, 1.54) is 0 Å². The van der Waals surface area contributed by atoms with Crippen LogP contribution in [0.2, 0.25) is 0 Å². The lowest BCUT2D eigenvalue weighted by atomic mass is 9.84. The molecule has 0 radical (unpaired) electrons. The second-order valence-corrected chi connectivity index (χ2v) is 8.81. The second kappa shape index (κ2) is 7.49. The van der Waals surface area contributed by atoms with Crippen molar-refractivity contribution in [2.24, 2.45) is 5.92 Å². The van der Waals surface area contributed by atoms with Gasteiger partial charge in [0.25, 0.3) is 0 Å². The van der Waals surface area contributed by atoms with Crippen LogP contribution in [-0.2, 0) is 4.74 Å². The number of halogens is 1. The van der Waals surface area contributed by atoms with Crippen LogP contribution < -0.4 is 0 Å². The van der Waals surface area contributed by atoms with E-state index in [1.54, 1.807) is 0 Å². The molecule has 4 unspecified atom stereocenters. The van der Waals surface area contributed by atoms with Crippen molar-refractivity contribution in [3.63, 3.8) is 0 Å². The van der Waals surface area contributed by atoms with Crippen molar-refractivity contribution in [2.75, 3.05) is 6.61 Å². The second-order valence-electron chi connectivity index (χ2n) is 8.28. The standard InChI is InChI=1S/C20H33ClO3/c1-15(2)20-12-10-18(3,23)9-5-6-16(14-22)7-8-17(21)19(4,24-20)11-13-20/h6,10,12,15,17,22-23H,5,7-9,11,13-14H2,1-4H3. The Morgan fingerprint density at radius 3 is 2.58 bits per heavy atom. The van der Waals surface area contributed by atoms with Gasteiger partial charge < -0.3 is 14.9 Å². The van der Waals surface area contributed by atoms with Gasteiger partial charge in [0.2, 0.25) is 0 Å². The first kappa shape index (κ1) is 20.0. The maximum Gasteiger partial charge on any atom is 0.0895 e. The molecule has 4 heteroatoms. The summed E-state index contributed by atoms with van der Waals surface area (Å²) >= 11 is 6.73. The lowest BCUT2D eigenvalue weighted by Gasteiger charge is -2.37. The fraction of sp³-hybridized carbons (Fsp3) is 0.800. The number of ether oxygens (including phenoxy) is 1. The zero-order valence-electron chi connectivity index (χ0n) is 15.5. The van der Waals surface area contributed by atoms with Crippen LogP contribution in [0.15, 0.2) is 23.8 Å². The predicted octanol–water partition coefficient (Wildman–Crippen LogP) is 4.36. The van der Waals surface area contributed by atoms with E-state index < -0.39 is 5.60 Å². The van der Waals surface area contributed by atoms with Crippen LogP contribution in [0.3, 0.4) is 0 Å². The van der Waals surface area contributed by atoms with E-state index in [0.717, 1.165) is 37.7 Å². The summed E-state index contributed by atoms with van der Waals surface area (Å²) < 4.78 is 6.57. The molecule has 0 amide bonds. The van der Waals surface area contributed by atoms with E-state index in [4.69, 9.17) is 16.3 Å². The van der Waals surface area contributed by atoms with E-state index in [2.05, 4.69) is 26.8 Å². The summed E-state index contributed by atoms with van der Waals surface area (Å²) in [5.74, 6) is 0.312. The molecule has 2 rings (SSSR count). The molecule has 3 nitrogen and oxygen atoms in total. The number of fused-ring (bicyclic) bond motifs is 2. The first-order valence-electron chi connectivity index (χ1n) is 9.18. The molecule has 0 aromatic heterocycles. The lowest BCUT2D eigenvalue weighted by Crippen LogP contribution is -2.42. The number of hydrogen-bond acceptors (Lipinski definition) is 3. The van der Waals surface area contributed by atoms with Crippen LogP contribution in [0, 0.1) is 5.92 Å². The molecule has 2 bridgehead atoms.